The van der Waals surface area contributed by atoms with Crippen LogP contribution in [0, 0.1) is 11.7 Å². The van der Waals surface area contributed by atoms with Gasteiger partial charge in [-0.25, -0.2) is 4.39 Å². The Morgan fingerprint density at radius 2 is 2.06 bits per heavy atom. The van der Waals surface area contributed by atoms with Gasteiger partial charge in [-0.1, -0.05) is 18.2 Å². The van der Waals surface area contributed by atoms with Gasteiger partial charge in [-0.2, -0.15) is 11.8 Å². The maximum absolute atomic E-state index is 14.0. The van der Waals surface area contributed by atoms with Crippen LogP contribution in [0.1, 0.15) is 37.2 Å². The average molecular weight is 264 g/mol. The molecule has 0 amide bonds. The van der Waals surface area contributed by atoms with Crippen LogP contribution >= 0.6 is 11.8 Å². The van der Waals surface area contributed by atoms with E-state index >= 15 is 0 Å². The molecule has 1 nitrogen and oxygen atoms in total. The van der Waals surface area contributed by atoms with Crippen LogP contribution in [0.4, 0.5) is 4.39 Å². The second kappa shape index (κ2) is 5.04. The number of hydrogen-bond donors (Lipinski definition) is 0. The number of halogens is 1. The van der Waals surface area contributed by atoms with Crippen LogP contribution in [-0.2, 0) is 4.79 Å². The van der Waals surface area contributed by atoms with Gasteiger partial charge in [0.25, 0.3) is 0 Å². The van der Waals surface area contributed by atoms with E-state index in [1.807, 2.05) is 17.8 Å². The SMILES string of the molecule is O=C(C1CC1)C(c1ccccc1F)C1CCCS1. The quantitative estimate of drug-likeness (QED) is 0.823. The van der Waals surface area contributed by atoms with E-state index in [1.54, 1.807) is 12.1 Å². The summed E-state index contributed by atoms with van der Waals surface area (Å²) in [7, 11) is 0. The Kier molecular flexibility index (Phi) is 3.42. The molecule has 3 heteroatoms. The molecule has 1 heterocycles. The molecule has 1 aliphatic carbocycles. The van der Waals surface area contributed by atoms with Crippen LogP contribution in [-0.4, -0.2) is 16.8 Å². The average Bonchev–Trinajstić information content (AvgIpc) is 3.10. The third-order valence-electron chi connectivity index (χ3n) is 3.86. The lowest BCUT2D eigenvalue weighted by atomic mass is 9.87. The molecule has 2 fully saturated rings. The van der Waals surface area contributed by atoms with Gasteiger partial charge in [-0.05, 0) is 43.1 Å². The van der Waals surface area contributed by atoms with Crippen molar-refractivity contribution in [3.63, 3.8) is 0 Å². The van der Waals surface area contributed by atoms with E-state index in [4.69, 9.17) is 0 Å². The molecule has 2 atom stereocenters. The molecule has 0 radical (unpaired) electrons. The number of thioether (sulfide) groups is 1. The van der Waals surface area contributed by atoms with Crippen LogP contribution in [0.2, 0.25) is 0 Å². The van der Waals surface area contributed by atoms with Gasteiger partial charge in [0.1, 0.15) is 11.6 Å². The van der Waals surface area contributed by atoms with Crippen LogP contribution in [0.5, 0.6) is 0 Å². The van der Waals surface area contributed by atoms with Crippen LogP contribution in [0.25, 0.3) is 0 Å². The van der Waals surface area contributed by atoms with Gasteiger partial charge in [-0.3, -0.25) is 4.79 Å². The minimum absolute atomic E-state index is 0.204. The highest BCUT2D eigenvalue weighted by Crippen LogP contribution is 2.44. The van der Waals surface area contributed by atoms with Gasteiger partial charge in [0.2, 0.25) is 0 Å². The summed E-state index contributed by atoms with van der Waals surface area (Å²) in [4.78, 5) is 12.5. The van der Waals surface area contributed by atoms with E-state index in [0.717, 1.165) is 31.4 Å². The van der Waals surface area contributed by atoms with Crippen LogP contribution < -0.4 is 0 Å². The summed E-state index contributed by atoms with van der Waals surface area (Å²) in [6, 6.07) is 6.80. The van der Waals surface area contributed by atoms with E-state index < -0.39 is 0 Å². The van der Waals surface area contributed by atoms with Gasteiger partial charge < -0.3 is 0 Å². The highest BCUT2D eigenvalue weighted by Gasteiger charge is 2.41. The van der Waals surface area contributed by atoms with E-state index in [1.165, 1.54) is 6.07 Å². The first-order chi connectivity index (χ1) is 8.77. The molecule has 0 aromatic heterocycles. The van der Waals surface area contributed by atoms with E-state index in [-0.39, 0.29) is 28.7 Å². The Hall–Kier alpha value is -0.830. The first-order valence-corrected chi connectivity index (χ1v) is 7.72. The molecule has 0 N–H and O–H groups in total. The Morgan fingerprint density at radius 1 is 1.28 bits per heavy atom. The molecular weight excluding hydrogens is 247 g/mol. The normalized spacial score (nSPS) is 25.1. The number of hydrogen-bond acceptors (Lipinski definition) is 2. The van der Waals surface area contributed by atoms with E-state index in [0.29, 0.717) is 5.56 Å². The second-order valence-electron chi connectivity index (χ2n) is 5.23. The molecule has 0 spiro atoms. The van der Waals surface area contributed by atoms with Crippen LogP contribution in [0.3, 0.4) is 0 Å². The molecule has 3 rings (SSSR count). The predicted molar refractivity (Wildman–Crippen MR) is 72.4 cm³/mol. The van der Waals surface area contributed by atoms with Gasteiger partial charge in [0.15, 0.2) is 0 Å². The smallest absolute Gasteiger partial charge is 0.144 e. The van der Waals surface area contributed by atoms with Crippen molar-refractivity contribution in [3.05, 3.63) is 35.6 Å². The number of ketones is 1. The van der Waals surface area contributed by atoms with Gasteiger partial charge >= 0.3 is 0 Å². The molecule has 1 saturated carbocycles. The van der Waals surface area contributed by atoms with Crippen molar-refractivity contribution in [2.75, 3.05) is 5.75 Å². The third kappa shape index (κ3) is 2.33. The topological polar surface area (TPSA) is 17.1 Å². The molecule has 2 aliphatic rings. The van der Waals surface area contributed by atoms with Crippen molar-refractivity contribution in [1.29, 1.82) is 0 Å². The second-order valence-corrected chi connectivity index (χ2v) is 6.57. The maximum atomic E-state index is 14.0. The van der Waals surface area contributed by atoms with Crippen molar-refractivity contribution in [2.24, 2.45) is 5.92 Å². The van der Waals surface area contributed by atoms with Gasteiger partial charge in [-0.15, -0.1) is 0 Å². The summed E-state index contributed by atoms with van der Waals surface area (Å²) in [5.74, 6) is 1.15. The molecule has 1 saturated heterocycles. The number of carbonyl (C=O) groups is 1. The molecule has 0 bridgehead atoms. The van der Waals surface area contributed by atoms with Crippen molar-refractivity contribution < 1.29 is 9.18 Å². The Bertz CT molecular complexity index is 450. The molecule has 2 unspecified atom stereocenters. The molecule has 18 heavy (non-hydrogen) atoms. The zero-order valence-corrected chi connectivity index (χ0v) is 11.1. The predicted octanol–water partition coefficient (Wildman–Crippen LogP) is 3.78. The monoisotopic (exact) mass is 264 g/mol. The van der Waals surface area contributed by atoms with Crippen molar-refractivity contribution >= 4 is 17.5 Å². The van der Waals surface area contributed by atoms with Gasteiger partial charge in [0, 0.05) is 11.2 Å². The third-order valence-corrected chi connectivity index (χ3v) is 5.32. The fourth-order valence-electron chi connectivity index (χ4n) is 2.75. The van der Waals surface area contributed by atoms with Crippen molar-refractivity contribution in [2.45, 2.75) is 36.9 Å². The summed E-state index contributed by atoms with van der Waals surface area (Å²) in [5.41, 5.74) is 0.619. The summed E-state index contributed by atoms with van der Waals surface area (Å²) in [5, 5.41) is 0.287. The first kappa shape index (κ1) is 12.2. The summed E-state index contributed by atoms with van der Waals surface area (Å²) in [6.07, 6.45) is 4.20. The first-order valence-electron chi connectivity index (χ1n) is 6.67. The lowest BCUT2D eigenvalue weighted by Crippen LogP contribution is -2.24. The molecular formula is C15H17FOS. The molecule has 1 aliphatic heterocycles. The highest BCUT2D eigenvalue weighted by atomic mass is 32.2. The highest BCUT2D eigenvalue weighted by molar-refractivity contribution is 8.00. The minimum Gasteiger partial charge on any atom is -0.299 e. The zero-order chi connectivity index (χ0) is 12.5. The Morgan fingerprint density at radius 3 is 2.67 bits per heavy atom. The fourth-order valence-corrected chi connectivity index (χ4v) is 4.19. The molecule has 96 valence electrons. The summed E-state index contributed by atoms with van der Waals surface area (Å²) >= 11 is 1.84. The van der Waals surface area contributed by atoms with Crippen molar-refractivity contribution in [3.8, 4) is 0 Å². The zero-order valence-electron chi connectivity index (χ0n) is 10.3. The minimum atomic E-state index is -0.219. The number of benzene rings is 1. The molecule has 1 aromatic rings. The Labute approximate surface area is 111 Å². The Balaban J connectivity index is 1.93. The van der Waals surface area contributed by atoms with Crippen molar-refractivity contribution in [1.82, 2.24) is 0 Å². The summed E-state index contributed by atoms with van der Waals surface area (Å²) < 4.78 is 14.0. The standard InChI is InChI=1S/C15H17FOS/c16-12-5-2-1-4-11(12)14(13-6-3-9-18-13)15(17)10-7-8-10/h1-2,4-5,10,13-14H,3,6-9H2. The van der Waals surface area contributed by atoms with Crippen LogP contribution in [0.15, 0.2) is 24.3 Å². The number of rotatable bonds is 4. The summed E-state index contributed by atoms with van der Waals surface area (Å²) in [6.45, 7) is 0. The lowest BCUT2D eigenvalue weighted by molar-refractivity contribution is -0.121. The van der Waals surface area contributed by atoms with Gasteiger partial charge in [0.05, 0.1) is 5.92 Å². The van der Waals surface area contributed by atoms with E-state index in [9.17, 15) is 9.18 Å². The fraction of sp³-hybridized carbons (Fsp3) is 0.533. The number of Topliss-reactive ketones (excluding diaryl/α,β-unsaturated/α-hetero) is 1. The lowest BCUT2D eigenvalue weighted by Gasteiger charge is -2.22. The maximum Gasteiger partial charge on any atom is 0.144 e. The largest absolute Gasteiger partial charge is 0.299 e. The molecule has 1 aromatic carbocycles. The van der Waals surface area contributed by atoms with E-state index in [2.05, 4.69) is 0 Å². The number of carbonyl (C=O) groups excluding carboxylic acids is 1.